The number of nitrogens with zero attached hydrogens (tertiary/aromatic N) is 4. The highest BCUT2D eigenvalue weighted by Crippen LogP contribution is 2.32. The van der Waals surface area contributed by atoms with Gasteiger partial charge in [0.15, 0.2) is 0 Å². The fraction of sp³-hybridized carbons (Fsp3) is 0.588. The predicted molar refractivity (Wildman–Crippen MR) is 86.5 cm³/mol. The van der Waals surface area contributed by atoms with Gasteiger partial charge in [0, 0.05) is 38.6 Å². The number of amides is 1. The molecule has 0 aliphatic carbocycles. The second-order valence-electron chi connectivity index (χ2n) is 6.21. The van der Waals surface area contributed by atoms with Crippen LogP contribution in [0.15, 0.2) is 30.6 Å². The maximum absolute atomic E-state index is 11.9. The van der Waals surface area contributed by atoms with E-state index >= 15 is 0 Å². The van der Waals surface area contributed by atoms with Crippen LogP contribution < -0.4 is 4.90 Å². The van der Waals surface area contributed by atoms with Crippen molar-refractivity contribution < 1.29 is 4.79 Å². The van der Waals surface area contributed by atoms with Crippen LogP contribution in [0.4, 0.5) is 5.95 Å². The molecule has 22 heavy (non-hydrogen) atoms. The number of likely N-dealkylation sites (tertiary alicyclic amines) is 1. The lowest BCUT2D eigenvalue weighted by Crippen LogP contribution is -2.38. The summed E-state index contributed by atoms with van der Waals surface area (Å²) in [5.41, 5.74) is 0. The lowest BCUT2D eigenvalue weighted by atomic mass is 9.84. The van der Waals surface area contributed by atoms with Crippen LogP contribution in [0.2, 0.25) is 0 Å². The van der Waals surface area contributed by atoms with E-state index in [1.807, 2.05) is 24.0 Å². The highest BCUT2D eigenvalue weighted by molar-refractivity contribution is 5.87. The van der Waals surface area contributed by atoms with Gasteiger partial charge >= 0.3 is 0 Å². The first-order valence-corrected chi connectivity index (χ1v) is 8.21. The lowest BCUT2D eigenvalue weighted by Gasteiger charge is -2.34. The maximum Gasteiger partial charge on any atom is 0.246 e. The third-order valence-electron chi connectivity index (χ3n) is 4.89. The summed E-state index contributed by atoms with van der Waals surface area (Å²) < 4.78 is 0. The monoisotopic (exact) mass is 300 g/mol. The summed E-state index contributed by atoms with van der Waals surface area (Å²) in [5, 5.41) is 0. The Labute approximate surface area is 132 Å². The first-order valence-electron chi connectivity index (χ1n) is 8.21. The minimum Gasteiger partial charge on any atom is -0.341 e. The molecule has 0 bridgehead atoms. The standard InChI is InChI=1S/C17H24N4O/c1-2-4-16(22)21-12-7-15(13-21)14-5-10-20(11-6-14)17-18-8-3-9-19-17/h2-4,8-9,14-15H,5-7,10-13H2,1H3. The fourth-order valence-electron chi connectivity index (χ4n) is 3.65. The van der Waals surface area contributed by atoms with E-state index in [1.165, 1.54) is 12.8 Å². The van der Waals surface area contributed by atoms with E-state index in [2.05, 4.69) is 14.9 Å². The number of hydrogen-bond acceptors (Lipinski definition) is 4. The number of anilines is 1. The van der Waals surface area contributed by atoms with Crippen LogP contribution >= 0.6 is 0 Å². The molecule has 2 saturated heterocycles. The smallest absolute Gasteiger partial charge is 0.246 e. The van der Waals surface area contributed by atoms with Crippen molar-refractivity contribution >= 4 is 11.9 Å². The van der Waals surface area contributed by atoms with E-state index in [9.17, 15) is 4.79 Å². The highest BCUT2D eigenvalue weighted by atomic mass is 16.2. The Bertz CT molecular complexity index is 523. The molecular weight excluding hydrogens is 276 g/mol. The van der Waals surface area contributed by atoms with E-state index in [-0.39, 0.29) is 5.91 Å². The molecule has 5 nitrogen and oxygen atoms in total. The van der Waals surface area contributed by atoms with Crippen molar-refractivity contribution in [3.63, 3.8) is 0 Å². The van der Waals surface area contributed by atoms with Crippen LogP contribution in [0.3, 0.4) is 0 Å². The van der Waals surface area contributed by atoms with Gasteiger partial charge in [-0.3, -0.25) is 4.79 Å². The zero-order chi connectivity index (χ0) is 15.4. The zero-order valence-corrected chi connectivity index (χ0v) is 13.2. The number of hydrogen-bond donors (Lipinski definition) is 0. The van der Waals surface area contributed by atoms with Gasteiger partial charge in [0.05, 0.1) is 0 Å². The van der Waals surface area contributed by atoms with Crippen molar-refractivity contribution in [2.75, 3.05) is 31.1 Å². The molecule has 5 heteroatoms. The van der Waals surface area contributed by atoms with Gasteiger partial charge in [0.2, 0.25) is 11.9 Å². The van der Waals surface area contributed by atoms with E-state index < -0.39 is 0 Å². The lowest BCUT2D eigenvalue weighted by molar-refractivity contribution is -0.125. The largest absolute Gasteiger partial charge is 0.341 e. The molecule has 1 amide bonds. The Balaban J connectivity index is 1.51. The number of carbonyl (C=O) groups excluding carboxylic acids is 1. The van der Waals surface area contributed by atoms with Crippen LogP contribution in [0.5, 0.6) is 0 Å². The molecule has 118 valence electrons. The summed E-state index contributed by atoms with van der Waals surface area (Å²) in [6, 6.07) is 1.85. The molecule has 2 fully saturated rings. The Kier molecular flexibility index (Phi) is 4.71. The van der Waals surface area contributed by atoms with Crippen molar-refractivity contribution in [3.8, 4) is 0 Å². The van der Waals surface area contributed by atoms with Crippen LogP contribution in [0.25, 0.3) is 0 Å². The van der Waals surface area contributed by atoms with Gasteiger partial charge in [0.25, 0.3) is 0 Å². The van der Waals surface area contributed by atoms with Crippen molar-refractivity contribution in [1.82, 2.24) is 14.9 Å². The molecule has 3 rings (SSSR count). The van der Waals surface area contributed by atoms with Crippen LogP contribution in [0, 0.1) is 11.8 Å². The Morgan fingerprint density at radius 1 is 1.14 bits per heavy atom. The minimum absolute atomic E-state index is 0.167. The summed E-state index contributed by atoms with van der Waals surface area (Å²) in [7, 11) is 0. The molecule has 0 spiro atoms. The molecule has 1 aromatic heterocycles. The third-order valence-corrected chi connectivity index (χ3v) is 4.89. The molecule has 2 aliphatic rings. The molecule has 0 saturated carbocycles. The molecule has 2 aliphatic heterocycles. The van der Waals surface area contributed by atoms with E-state index in [0.29, 0.717) is 5.92 Å². The second-order valence-corrected chi connectivity index (χ2v) is 6.21. The minimum atomic E-state index is 0.167. The van der Waals surface area contributed by atoms with Gasteiger partial charge in [-0.1, -0.05) is 6.08 Å². The Morgan fingerprint density at radius 3 is 2.50 bits per heavy atom. The van der Waals surface area contributed by atoms with Crippen LogP contribution in [-0.4, -0.2) is 47.0 Å². The summed E-state index contributed by atoms with van der Waals surface area (Å²) in [5.74, 6) is 2.40. The van der Waals surface area contributed by atoms with Crippen molar-refractivity contribution in [2.24, 2.45) is 11.8 Å². The number of allylic oxidation sites excluding steroid dienone is 1. The molecule has 1 atom stereocenters. The average Bonchev–Trinajstić information content (AvgIpc) is 3.06. The van der Waals surface area contributed by atoms with Crippen molar-refractivity contribution in [1.29, 1.82) is 0 Å². The average molecular weight is 300 g/mol. The number of aromatic nitrogens is 2. The molecular formula is C17H24N4O. The first-order chi connectivity index (χ1) is 10.8. The molecule has 1 unspecified atom stereocenters. The zero-order valence-electron chi connectivity index (χ0n) is 13.2. The summed E-state index contributed by atoms with van der Waals surface area (Å²) in [6.45, 7) is 5.78. The predicted octanol–water partition coefficient (Wildman–Crippen LogP) is 2.12. The molecule has 1 aromatic rings. The molecule has 0 N–H and O–H groups in total. The maximum atomic E-state index is 11.9. The quantitative estimate of drug-likeness (QED) is 0.802. The van der Waals surface area contributed by atoms with Crippen molar-refractivity contribution in [2.45, 2.75) is 26.2 Å². The van der Waals surface area contributed by atoms with Crippen molar-refractivity contribution in [3.05, 3.63) is 30.6 Å². The van der Waals surface area contributed by atoms with Gasteiger partial charge in [-0.15, -0.1) is 0 Å². The Morgan fingerprint density at radius 2 is 1.82 bits per heavy atom. The summed E-state index contributed by atoms with van der Waals surface area (Å²) in [6.07, 6.45) is 10.6. The Hall–Kier alpha value is -1.91. The summed E-state index contributed by atoms with van der Waals surface area (Å²) >= 11 is 0. The van der Waals surface area contributed by atoms with Crippen LogP contribution in [0.1, 0.15) is 26.2 Å². The first kappa shape index (κ1) is 15.0. The third kappa shape index (κ3) is 3.29. The van der Waals surface area contributed by atoms with Gasteiger partial charge in [-0.25, -0.2) is 9.97 Å². The number of piperidine rings is 1. The molecule has 3 heterocycles. The van der Waals surface area contributed by atoms with E-state index in [1.54, 1.807) is 18.5 Å². The highest BCUT2D eigenvalue weighted by Gasteiger charge is 2.33. The van der Waals surface area contributed by atoms with Gasteiger partial charge in [-0.05, 0) is 50.2 Å². The fourth-order valence-corrected chi connectivity index (χ4v) is 3.65. The number of rotatable bonds is 3. The van der Waals surface area contributed by atoms with Gasteiger partial charge in [-0.2, -0.15) is 0 Å². The summed E-state index contributed by atoms with van der Waals surface area (Å²) in [4.78, 5) is 24.9. The number of carbonyl (C=O) groups is 1. The van der Waals surface area contributed by atoms with E-state index in [4.69, 9.17) is 0 Å². The van der Waals surface area contributed by atoms with Gasteiger partial charge < -0.3 is 9.80 Å². The SMILES string of the molecule is CC=CC(=O)N1CCC(C2CCN(c3ncccn3)CC2)C1. The van der Waals surface area contributed by atoms with E-state index in [0.717, 1.165) is 44.5 Å². The second kappa shape index (κ2) is 6.90. The normalized spacial score (nSPS) is 23.4. The van der Waals surface area contributed by atoms with Gasteiger partial charge in [0.1, 0.15) is 0 Å². The topological polar surface area (TPSA) is 49.3 Å². The molecule has 0 aromatic carbocycles. The van der Waals surface area contributed by atoms with Crippen LogP contribution in [-0.2, 0) is 4.79 Å². The molecule has 0 radical (unpaired) electrons.